The number of amides is 2. The molecule has 0 saturated carbocycles. The van der Waals surface area contributed by atoms with Crippen molar-refractivity contribution in [1.82, 2.24) is 4.90 Å². The molecule has 1 N–H and O–H groups in total. The van der Waals surface area contributed by atoms with E-state index >= 15 is 0 Å². The first-order valence-corrected chi connectivity index (χ1v) is 12.4. The Balaban J connectivity index is 1.52. The maximum absolute atomic E-state index is 13.3. The molecular formula is C28H27N3O5S. The van der Waals surface area contributed by atoms with Crippen molar-refractivity contribution in [1.29, 1.82) is 0 Å². The number of anilines is 1. The lowest BCUT2D eigenvalue weighted by Gasteiger charge is -2.14. The van der Waals surface area contributed by atoms with Gasteiger partial charge in [-0.25, -0.2) is 4.99 Å². The van der Waals surface area contributed by atoms with Gasteiger partial charge in [0, 0.05) is 18.4 Å². The van der Waals surface area contributed by atoms with Gasteiger partial charge in [0.25, 0.3) is 11.8 Å². The van der Waals surface area contributed by atoms with Crippen molar-refractivity contribution < 1.29 is 23.8 Å². The summed E-state index contributed by atoms with van der Waals surface area (Å²) in [5, 5.41) is 3.35. The highest BCUT2D eigenvalue weighted by Crippen LogP contribution is 2.35. The van der Waals surface area contributed by atoms with Crippen LogP contribution in [0.4, 0.5) is 11.4 Å². The molecule has 8 nitrogen and oxygen atoms in total. The maximum Gasteiger partial charge on any atom is 0.266 e. The number of rotatable bonds is 10. The highest BCUT2D eigenvalue weighted by Gasteiger charge is 2.33. The minimum atomic E-state index is -0.278. The van der Waals surface area contributed by atoms with Crippen molar-refractivity contribution in [2.24, 2.45) is 4.99 Å². The number of hydrogen-bond donors (Lipinski definition) is 1. The summed E-state index contributed by atoms with van der Waals surface area (Å²) >= 11 is 1.28. The topological polar surface area (TPSA) is 89.5 Å². The van der Waals surface area contributed by atoms with Crippen molar-refractivity contribution in [3.63, 3.8) is 0 Å². The molecule has 3 aromatic carbocycles. The van der Waals surface area contributed by atoms with Crippen LogP contribution in [0.25, 0.3) is 6.08 Å². The third-order valence-corrected chi connectivity index (χ3v) is 6.33. The van der Waals surface area contributed by atoms with Crippen molar-refractivity contribution >= 4 is 46.2 Å². The van der Waals surface area contributed by atoms with Gasteiger partial charge in [0.1, 0.15) is 11.5 Å². The summed E-state index contributed by atoms with van der Waals surface area (Å²) in [5.74, 6) is 0.770. The number of amidine groups is 1. The van der Waals surface area contributed by atoms with Crippen LogP contribution in [0.2, 0.25) is 0 Å². The van der Waals surface area contributed by atoms with Crippen LogP contribution in [0, 0.1) is 0 Å². The second kappa shape index (κ2) is 12.8. The molecule has 0 aromatic heterocycles. The number of nitrogens with zero attached hydrogens (tertiary/aromatic N) is 2. The first kappa shape index (κ1) is 26.0. The minimum absolute atomic E-state index is 0.166. The van der Waals surface area contributed by atoms with E-state index < -0.39 is 0 Å². The molecule has 0 aliphatic carbocycles. The molecule has 0 atom stereocenters. The number of nitrogens with one attached hydrogen (secondary N) is 1. The largest absolute Gasteiger partial charge is 0.497 e. The van der Waals surface area contributed by atoms with E-state index in [0.717, 1.165) is 5.75 Å². The van der Waals surface area contributed by atoms with E-state index in [9.17, 15) is 9.59 Å². The van der Waals surface area contributed by atoms with E-state index in [1.54, 1.807) is 43.4 Å². The van der Waals surface area contributed by atoms with Crippen molar-refractivity contribution in [2.75, 3.05) is 39.3 Å². The van der Waals surface area contributed by atoms with E-state index in [1.165, 1.54) is 11.8 Å². The van der Waals surface area contributed by atoms with Gasteiger partial charge in [-0.05, 0) is 60.3 Å². The van der Waals surface area contributed by atoms with Gasteiger partial charge in [-0.1, -0.05) is 36.4 Å². The highest BCUT2D eigenvalue weighted by atomic mass is 32.2. The Labute approximate surface area is 219 Å². The molecule has 1 fully saturated rings. The van der Waals surface area contributed by atoms with Crippen LogP contribution in [-0.4, -0.2) is 55.9 Å². The number of aliphatic imine (C=N–C) groups is 1. The molecule has 0 bridgehead atoms. The number of carbonyl (C=O) groups excluding carboxylic acids is 2. The Bertz CT molecular complexity index is 1290. The van der Waals surface area contributed by atoms with E-state index in [-0.39, 0.29) is 18.4 Å². The lowest BCUT2D eigenvalue weighted by molar-refractivity contribution is -0.122. The SMILES string of the molecule is COCCN1C(=O)/C(=C/c2ccccc2OCC(=O)Nc2ccccc2)SC1=Nc1ccc(OC)cc1. The van der Waals surface area contributed by atoms with Crippen LogP contribution >= 0.6 is 11.8 Å². The van der Waals surface area contributed by atoms with E-state index in [4.69, 9.17) is 14.2 Å². The van der Waals surface area contributed by atoms with Crippen molar-refractivity contribution in [3.8, 4) is 11.5 Å². The number of para-hydroxylation sites is 2. The molecule has 37 heavy (non-hydrogen) atoms. The average Bonchev–Trinajstić information content (AvgIpc) is 3.21. The zero-order valence-electron chi connectivity index (χ0n) is 20.5. The molecule has 1 saturated heterocycles. The smallest absolute Gasteiger partial charge is 0.266 e. The van der Waals surface area contributed by atoms with E-state index in [1.807, 2.05) is 60.7 Å². The van der Waals surface area contributed by atoms with Gasteiger partial charge in [0.2, 0.25) is 0 Å². The Hall–Kier alpha value is -4.08. The summed E-state index contributed by atoms with van der Waals surface area (Å²) in [6.45, 7) is 0.574. The van der Waals surface area contributed by atoms with Crippen molar-refractivity contribution in [2.45, 2.75) is 0 Å². The van der Waals surface area contributed by atoms with Gasteiger partial charge in [-0.2, -0.15) is 0 Å². The fraction of sp³-hybridized carbons (Fsp3) is 0.179. The molecule has 0 radical (unpaired) electrons. The van der Waals surface area contributed by atoms with Gasteiger partial charge in [0.15, 0.2) is 11.8 Å². The van der Waals surface area contributed by atoms with Crippen LogP contribution in [0.5, 0.6) is 11.5 Å². The van der Waals surface area contributed by atoms with Crippen LogP contribution in [0.3, 0.4) is 0 Å². The maximum atomic E-state index is 13.3. The summed E-state index contributed by atoms with van der Waals surface area (Å²) in [7, 11) is 3.19. The van der Waals surface area contributed by atoms with E-state index in [2.05, 4.69) is 10.3 Å². The number of hydrogen-bond acceptors (Lipinski definition) is 7. The number of benzene rings is 3. The predicted molar refractivity (Wildman–Crippen MR) is 146 cm³/mol. The van der Waals surface area contributed by atoms with Crippen molar-refractivity contribution in [3.05, 3.63) is 89.3 Å². The molecule has 190 valence electrons. The summed E-state index contributed by atoms with van der Waals surface area (Å²) in [4.78, 5) is 32.4. The van der Waals surface area contributed by atoms with Crippen LogP contribution in [-0.2, 0) is 14.3 Å². The molecule has 4 rings (SSSR count). The molecule has 0 unspecified atom stereocenters. The van der Waals surface area contributed by atoms with Crippen LogP contribution in [0.1, 0.15) is 5.56 Å². The monoisotopic (exact) mass is 517 g/mol. The molecule has 2 amide bonds. The second-order valence-electron chi connectivity index (χ2n) is 7.89. The lowest BCUT2D eigenvalue weighted by atomic mass is 10.2. The number of carbonyl (C=O) groups is 2. The molecular weight excluding hydrogens is 490 g/mol. The number of ether oxygens (including phenoxy) is 3. The standard InChI is InChI=1S/C28H27N3O5S/c1-34-17-16-31-27(33)25(37-28(31)30-22-12-14-23(35-2)15-13-22)18-20-8-6-7-11-24(20)36-19-26(32)29-21-9-4-3-5-10-21/h3-15,18H,16-17,19H2,1-2H3,(H,29,32)/b25-18-,30-28?. The highest BCUT2D eigenvalue weighted by molar-refractivity contribution is 8.18. The zero-order valence-corrected chi connectivity index (χ0v) is 21.4. The first-order valence-electron chi connectivity index (χ1n) is 11.6. The number of thioether (sulfide) groups is 1. The molecule has 1 aliphatic heterocycles. The molecule has 3 aromatic rings. The molecule has 1 heterocycles. The Morgan fingerprint density at radius 3 is 2.46 bits per heavy atom. The quantitative estimate of drug-likeness (QED) is 0.382. The Morgan fingerprint density at radius 2 is 1.73 bits per heavy atom. The fourth-order valence-corrected chi connectivity index (χ4v) is 4.49. The molecule has 0 spiro atoms. The summed E-state index contributed by atoms with van der Waals surface area (Å²) in [5.41, 5.74) is 2.08. The van der Waals surface area contributed by atoms with Gasteiger partial charge in [0.05, 0.1) is 30.9 Å². The zero-order chi connectivity index (χ0) is 26.0. The normalized spacial score (nSPS) is 15.3. The van der Waals surface area contributed by atoms with Gasteiger partial charge in [-0.15, -0.1) is 0 Å². The molecule has 9 heteroatoms. The van der Waals surface area contributed by atoms with Gasteiger partial charge < -0.3 is 19.5 Å². The van der Waals surface area contributed by atoms with Gasteiger partial charge in [-0.3, -0.25) is 14.5 Å². The summed E-state index contributed by atoms with van der Waals surface area (Å²) < 4.78 is 16.2. The summed E-state index contributed by atoms with van der Waals surface area (Å²) in [6, 6.07) is 23.7. The predicted octanol–water partition coefficient (Wildman–Crippen LogP) is 4.96. The minimum Gasteiger partial charge on any atom is -0.497 e. The van der Waals surface area contributed by atoms with Gasteiger partial charge >= 0.3 is 0 Å². The first-order chi connectivity index (χ1) is 18.1. The Morgan fingerprint density at radius 1 is 1.00 bits per heavy atom. The third-order valence-electron chi connectivity index (χ3n) is 5.33. The second-order valence-corrected chi connectivity index (χ2v) is 8.90. The van der Waals surface area contributed by atoms with Crippen LogP contribution in [0.15, 0.2) is 88.8 Å². The summed E-state index contributed by atoms with van der Waals surface area (Å²) in [6.07, 6.45) is 1.76. The fourth-order valence-electron chi connectivity index (χ4n) is 3.47. The number of methoxy groups -OCH3 is 2. The average molecular weight is 518 g/mol. The third kappa shape index (κ3) is 6.99. The Kier molecular flexibility index (Phi) is 8.96. The van der Waals surface area contributed by atoms with E-state index in [0.29, 0.717) is 45.9 Å². The molecule has 1 aliphatic rings. The van der Waals surface area contributed by atoms with Crippen LogP contribution < -0.4 is 14.8 Å². The lowest BCUT2D eigenvalue weighted by Crippen LogP contribution is -2.32.